The number of hydrogen-bond acceptors (Lipinski definition) is 3. The third kappa shape index (κ3) is 4.14. The summed E-state index contributed by atoms with van der Waals surface area (Å²) in [6, 6.07) is 10.4. The molecule has 1 fully saturated rings. The lowest BCUT2D eigenvalue weighted by atomic mass is 9.95. The van der Waals surface area contributed by atoms with Gasteiger partial charge in [-0.1, -0.05) is 17.7 Å². The molecule has 0 unspecified atom stereocenters. The van der Waals surface area contributed by atoms with Crippen molar-refractivity contribution in [2.75, 3.05) is 26.7 Å². The predicted molar refractivity (Wildman–Crippen MR) is 108 cm³/mol. The maximum atomic E-state index is 12.9. The van der Waals surface area contributed by atoms with E-state index in [1.807, 2.05) is 19.9 Å². The molecule has 5 heteroatoms. The predicted octanol–water partition coefficient (Wildman–Crippen LogP) is 3.04. The molecule has 1 amide bonds. The summed E-state index contributed by atoms with van der Waals surface area (Å²) in [4.78, 5) is 26.8. The van der Waals surface area contributed by atoms with Crippen LogP contribution in [0.5, 0.6) is 0 Å². The number of ketones is 1. The Morgan fingerprint density at radius 2 is 1.70 bits per heavy atom. The fourth-order valence-electron chi connectivity index (χ4n) is 3.98. The maximum Gasteiger partial charge on any atom is 0.222 e. The molecule has 1 aromatic carbocycles. The summed E-state index contributed by atoms with van der Waals surface area (Å²) < 4.78 is 2.14. The highest BCUT2D eigenvalue weighted by Crippen LogP contribution is 2.23. The summed E-state index contributed by atoms with van der Waals surface area (Å²) in [5.74, 6) is 0.343. The molecule has 0 saturated carbocycles. The fraction of sp³-hybridized carbons (Fsp3) is 0.455. The van der Waals surface area contributed by atoms with Gasteiger partial charge >= 0.3 is 0 Å². The molecule has 5 nitrogen and oxygen atoms in total. The van der Waals surface area contributed by atoms with Crippen LogP contribution in [0.1, 0.15) is 40.2 Å². The van der Waals surface area contributed by atoms with E-state index in [1.54, 1.807) is 7.05 Å². The van der Waals surface area contributed by atoms with Crippen LogP contribution in [0.3, 0.4) is 0 Å². The van der Waals surface area contributed by atoms with Crippen LogP contribution in [-0.2, 0) is 4.79 Å². The third-order valence-corrected chi connectivity index (χ3v) is 5.60. The molecule has 2 heterocycles. The molecule has 0 radical (unpaired) electrons. The molecule has 0 aliphatic carbocycles. The van der Waals surface area contributed by atoms with Gasteiger partial charge in [0.25, 0.3) is 0 Å². The van der Waals surface area contributed by atoms with Crippen molar-refractivity contribution in [3.05, 3.63) is 52.8 Å². The van der Waals surface area contributed by atoms with Gasteiger partial charge in [0, 0.05) is 35.6 Å². The number of piperidine rings is 1. The number of likely N-dealkylation sites (tertiary alicyclic amines) is 1. The number of carbonyl (C=O) groups is 2. The molecule has 1 saturated heterocycles. The first-order valence-corrected chi connectivity index (χ1v) is 9.64. The number of aromatic nitrogens is 1. The second kappa shape index (κ2) is 8.09. The number of nitrogens with one attached hydrogen (secondary N) is 1. The highest BCUT2D eigenvalue weighted by atomic mass is 16.1. The van der Waals surface area contributed by atoms with Gasteiger partial charge in [-0.05, 0) is 64.9 Å². The minimum Gasteiger partial charge on any atom is -0.359 e. The van der Waals surface area contributed by atoms with Gasteiger partial charge in [0.2, 0.25) is 5.91 Å². The van der Waals surface area contributed by atoms with Crippen LogP contribution in [-0.4, -0.2) is 47.8 Å². The molecule has 144 valence electrons. The number of amides is 1. The van der Waals surface area contributed by atoms with Gasteiger partial charge in [0.05, 0.1) is 6.54 Å². The van der Waals surface area contributed by atoms with Crippen molar-refractivity contribution in [3.63, 3.8) is 0 Å². The Balaban J connectivity index is 1.70. The van der Waals surface area contributed by atoms with E-state index in [1.165, 1.54) is 5.56 Å². The second-order valence-electron chi connectivity index (χ2n) is 7.54. The number of rotatable bonds is 5. The second-order valence-corrected chi connectivity index (χ2v) is 7.54. The van der Waals surface area contributed by atoms with Gasteiger partial charge in [-0.3, -0.25) is 14.5 Å². The minimum absolute atomic E-state index is 0.0768. The lowest BCUT2D eigenvalue weighted by Crippen LogP contribution is -2.41. The third-order valence-electron chi connectivity index (χ3n) is 5.60. The van der Waals surface area contributed by atoms with Crippen molar-refractivity contribution in [3.8, 4) is 5.69 Å². The molecular weight excluding hydrogens is 338 g/mol. The SMILES string of the molecule is CNC(=O)C1CCN(CC(=O)c2cc(C)n(-c3ccc(C)cc3)c2C)CC1. The Hall–Kier alpha value is -2.40. The van der Waals surface area contributed by atoms with Gasteiger partial charge in [-0.15, -0.1) is 0 Å². The van der Waals surface area contributed by atoms with Crippen LogP contribution in [0, 0.1) is 26.7 Å². The molecule has 2 aromatic rings. The van der Waals surface area contributed by atoms with E-state index >= 15 is 0 Å². The van der Waals surface area contributed by atoms with E-state index in [9.17, 15) is 9.59 Å². The Morgan fingerprint density at radius 3 is 2.30 bits per heavy atom. The number of nitrogens with zero attached hydrogens (tertiary/aromatic N) is 2. The van der Waals surface area contributed by atoms with Crippen LogP contribution in [0.4, 0.5) is 0 Å². The Labute approximate surface area is 161 Å². The van der Waals surface area contributed by atoms with Gasteiger partial charge in [0.1, 0.15) is 0 Å². The summed E-state index contributed by atoms with van der Waals surface area (Å²) in [5, 5.41) is 2.72. The van der Waals surface area contributed by atoms with Crippen LogP contribution in [0.2, 0.25) is 0 Å². The van der Waals surface area contributed by atoms with Crippen LogP contribution in [0.15, 0.2) is 30.3 Å². The van der Waals surface area contributed by atoms with Crippen LogP contribution >= 0.6 is 0 Å². The van der Waals surface area contributed by atoms with E-state index in [0.717, 1.165) is 48.6 Å². The van der Waals surface area contributed by atoms with Crippen molar-refractivity contribution in [1.29, 1.82) is 0 Å². The van der Waals surface area contributed by atoms with Crippen molar-refractivity contribution < 1.29 is 9.59 Å². The molecule has 0 spiro atoms. The molecular formula is C22H29N3O2. The Morgan fingerprint density at radius 1 is 1.07 bits per heavy atom. The quantitative estimate of drug-likeness (QED) is 0.827. The molecule has 0 atom stereocenters. The molecule has 1 aromatic heterocycles. The zero-order chi connectivity index (χ0) is 19.6. The monoisotopic (exact) mass is 367 g/mol. The van der Waals surface area contributed by atoms with E-state index in [4.69, 9.17) is 0 Å². The summed E-state index contributed by atoms with van der Waals surface area (Å²) in [5.41, 5.74) is 5.15. The largest absolute Gasteiger partial charge is 0.359 e. The number of carbonyl (C=O) groups excluding carboxylic acids is 2. The van der Waals surface area contributed by atoms with Gasteiger partial charge in [0.15, 0.2) is 5.78 Å². The lowest BCUT2D eigenvalue weighted by Gasteiger charge is -2.30. The first-order chi connectivity index (χ1) is 12.9. The molecule has 27 heavy (non-hydrogen) atoms. The van der Waals surface area contributed by atoms with Crippen molar-refractivity contribution in [2.24, 2.45) is 5.92 Å². The maximum absolute atomic E-state index is 12.9. The number of hydrogen-bond donors (Lipinski definition) is 1. The number of benzene rings is 1. The minimum atomic E-state index is 0.0768. The molecule has 1 aliphatic rings. The highest BCUT2D eigenvalue weighted by Gasteiger charge is 2.26. The molecule has 3 rings (SSSR count). The molecule has 1 N–H and O–H groups in total. The first kappa shape index (κ1) is 19.4. The summed E-state index contributed by atoms with van der Waals surface area (Å²) >= 11 is 0. The van der Waals surface area contributed by atoms with Gasteiger partial charge in [-0.25, -0.2) is 0 Å². The van der Waals surface area contributed by atoms with E-state index in [0.29, 0.717) is 6.54 Å². The topological polar surface area (TPSA) is 54.3 Å². The van der Waals surface area contributed by atoms with Gasteiger partial charge in [-0.2, -0.15) is 0 Å². The summed E-state index contributed by atoms with van der Waals surface area (Å²) in [7, 11) is 1.68. The van der Waals surface area contributed by atoms with Crippen molar-refractivity contribution in [2.45, 2.75) is 33.6 Å². The average Bonchev–Trinajstić information content (AvgIpc) is 2.97. The normalized spacial score (nSPS) is 15.7. The Bertz CT molecular complexity index is 828. The van der Waals surface area contributed by atoms with Crippen molar-refractivity contribution in [1.82, 2.24) is 14.8 Å². The van der Waals surface area contributed by atoms with Crippen molar-refractivity contribution >= 4 is 11.7 Å². The zero-order valence-corrected chi connectivity index (χ0v) is 16.7. The first-order valence-electron chi connectivity index (χ1n) is 9.64. The van der Waals surface area contributed by atoms with E-state index in [2.05, 4.69) is 46.0 Å². The fourth-order valence-corrected chi connectivity index (χ4v) is 3.98. The number of aryl methyl sites for hydroxylation is 2. The summed E-state index contributed by atoms with van der Waals surface area (Å²) in [6.07, 6.45) is 1.63. The number of Topliss-reactive ketones (excluding diaryl/α,β-unsaturated/α-hetero) is 1. The van der Waals surface area contributed by atoms with Gasteiger partial charge < -0.3 is 9.88 Å². The van der Waals surface area contributed by atoms with E-state index in [-0.39, 0.29) is 17.6 Å². The molecule has 0 bridgehead atoms. The highest BCUT2D eigenvalue weighted by molar-refractivity contribution is 5.99. The lowest BCUT2D eigenvalue weighted by molar-refractivity contribution is -0.125. The van der Waals surface area contributed by atoms with E-state index < -0.39 is 0 Å². The average molecular weight is 367 g/mol. The zero-order valence-electron chi connectivity index (χ0n) is 16.7. The van der Waals surface area contributed by atoms with Crippen LogP contribution < -0.4 is 5.32 Å². The smallest absolute Gasteiger partial charge is 0.222 e. The Kier molecular flexibility index (Phi) is 5.80. The molecule has 1 aliphatic heterocycles. The van der Waals surface area contributed by atoms with Crippen LogP contribution in [0.25, 0.3) is 5.69 Å². The standard InChI is InChI=1S/C22H29N3O2/c1-15-5-7-19(8-6-15)25-16(2)13-20(17(25)3)21(26)14-24-11-9-18(10-12-24)22(27)23-4/h5-8,13,18H,9-12,14H2,1-4H3,(H,23,27). The summed E-state index contributed by atoms with van der Waals surface area (Å²) in [6.45, 7) is 8.12.